The van der Waals surface area contributed by atoms with Crippen LogP contribution in [0.25, 0.3) is 0 Å². The van der Waals surface area contributed by atoms with Crippen LogP contribution in [0.2, 0.25) is 0 Å². The van der Waals surface area contributed by atoms with Gasteiger partial charge in [-0.05, 0) is 57.7 Å². The average Bonchev–Trinajstić information content (AvgIpc) is 3.45. The van der Waals surface area contributed by atoms with Crippen molar-refractivity contribution < 1.29 is 4.79 Å². The van der Waals surface area contributed by atoms with Crippen LogP contribution in [0.1, 0.15) is 43.7 Å². The molecule has 6 nitrogen and oxygen atoms in total. The van der Waals surface area contributed by atoms with Gasteiger partial charge in [0.15, 0.2) is 0 Å². The fraction of sp³-hybridized carbons (Fsp3) is 0.571. The molecule has 0 saturated carbocycles. The smallest absolute Gasteiger partial charge is 0.323 e. The van der Waals surface area contributed by atoms with Crippen LogP contribution in [-0.4, -0.2) is 58.8 Å². The van der Waals surface area contributed by atoms with E-state index in [-0.39, 0.29) is 11.4 Å². The number of aromatic nitrogens is 2. The Morgan fingerprint density at radius 1 is 1.18 bits per heavy atom. The van der Waals surface area contributed by atoms with E-state index < -0.39 is 0 Å². The van der Waals surface area contributed by atoms with E-state index >= 15 is 0 Å². The molecule has 7 heteroatoms. The minimum atomic E-state index is -0.240. The third-order valence-electron chi connectivity index (χ3n) is 5.96. The predicted molar refractivity (Wildman–Crippen MR) is 113 cm³/mol. The Hall–Kier alpha value is -1.99. The molecule has 1 N–H and O–H groups in total. The molecule has 2 amide bonds. The molecule has 2 aliphatic rings. The molecule has 1 aromatic carbocycles. The standard InChI is InChI=1S/C21H29N5OS/c1-21(2,17-8-4-3-5-9-17)18-23-24-19(28-18)22-20(27)26-13-10-16(15-26)14-25-11-6-7-12-25/h3-5,8-9,16H,6-7,10-15H2,1-2H3,(H,22,24,27). The molecule has 0 aliphatic carbocycles. The van der Waals surface area contributed by atoms with Gasteiger partial charge in [-0.2, -0.15) is 0 Å². The second-order valence-electron chi connectivity index (χ2n) is 8.44. The molecule has 3 heterocycles. The highest BCUT2D eigenvalue weighted by atomic mass is 32.1. The van der Waals surface area contributed by atoms with Crippen LogP contribution in [-0.2, 0) is 5.41 Å². The van der Waals surface area contributed by atoms with Crippen LogP contribution >= 0.6 is 11.3 Å². The number of anilines is 1. The quantitative estimate of drug-likeness (QED) is 0.830. The number of hydrogen-bond acceptors (Lipinski definition) is 5. The molecule has 28 heavy (non-hydrogen) atoms. The molecule has 1 unspecified atom stereocenters. The SMILES string of the molecule is CC(C)(c1ccccc1)c1nnc(NC(=O)N2CCC(CN3CCCC3)C2)s1. The first-order valence-electron chi connectivity index (χ1n) is 10.2. The summed E-state index contributed by atoms with van der Waals surface area (Å²) in [7, 11) is 0. The summed E-state index contributed by atoms with van der Waals surface area (Å²) in [5, 5.41) is 13.0. The Balaban J connectivity index is 1.34. The predicted octanol–water partition coefficient (Wildman–Crippen LogP) is 3.81. The van der Waals surface area contributed by atoms with Gasteiger partial charge < -0.3 is 9.80 Å². The average molecular weight is 400 g/mol. The third kappa shape index (κ3) is 4.20. The van der Waals surface area contributed by atoms with E-state index in [0.717, 1.165) is 31.1 Å². The monoisotopic (exact) mass is 399 g/mol. The molecule has 0 spiro atoms. The van der Waals surface area contributed by atoms with Gasteiger partial charge in [-0.25, -0.2) is 4.79 Å². The van der Waals surface area contributed by atoms with Crippen LogP contribution in [0.15, 0.2) is 30.3 Å². The molecule has 2 saturated heterocycles. The molecule has 1 aromatic heterocycles. The zero-order valence-corrected chi connectivity index (χ0v) is 17.5. The first-order valence-corrected chi connectivity index (χ1v) is 11.0. The number of hydrogen-bond donors (Lipinski definition) is 1. The molecule has 4 rings (SSSR count). The minimum Gasteiger partial charge on any atom is -0.324 e. The summed E-state index contributed by atoms with van der Waals surface area (Å²) in [4.78, 5) is 17.1. The van der Waals surface area contributed by atoms with Crippen molar-refractivity contribution in [1.29, 1.82) is 0 Å². The summed E-state index contributed by atoms with van der Waals surface area (Å²) in [6.45, 7) is 9.49. The van der Waals surface area contributed by atoms with Gasteiger partial charge in [0.25, 0.3) is 0 Å². The first-order chi connectivity index (χ1) is 13.5. The summed E-state index contributed by atoms with van der Waals surface area (Å²) < 4.78 is 0. The highest BCUT2D eigenvalue weighted by Gasteiger charge is 2.30. The number of carbonyl (C=O) groups is 1. The first kappa shape index (κ1) is 19.3. The van der Waals surface area contributed by atoms with Crippen molar-refractivity contribution in [3.05, 3.63) is 40.9 Å². The molecule has 0 radical (unpaired) electrons. The number of nitrogens with zero attached hydrogens (tertiary/aromatic N) is 4. The second kappa shape index (κ2) is 8.17. The number of carbonyl (C=O) groups excluding carboxylic acids is 1. The van der Waals surface area contributed by atoms with Crippen molar-refractivity contribution in [1.82, 2.24) is 20.0 Å². The van der Waals surface area contributed by atoms with Crippen molar-refractivity contribution in [2.45, 2.75) is 38.5 Å². The van der Waals surface area contributed by atoms with Crippen molar-refractivity contribution in [3.63, 3.8) is 0 Å². The lowest BCUT2D eigenvalue weighted by Gasteiger charge is -2.21. The molecule has 2 aliphatic heterocycles. The summed E-state index contributed by atoms with van der Waals surface area (Å²) in [6, 6.07) is 10.2. The Labute approximate surface area is 171 Å². The van der Waals surface area contributed by atoms with Gasteiger partial charge in [-0.15, -0.1) is 10.2 Å². The van der Waals surface area contributed by atoms with Crippen molar-refractivity contribution in [2.75, 3.05) is 38.0 Å². The minimum absolute atomic E-state index is 0.0517. The van der Waals surface area contributed by atoms with E-state index in [9.17, 15) is 4.79 Å². The number of likely N-dealkylation sites (tertiary alicyclic amines) is 2. The number of rotatable bonds is 5. The van der Waals surface area contributed by atoms with Crippen LogP contribution in [0, 0.1) is 5.92 Å². The second-order valence-corrected chi connectivity index (χ2v) is 9.42. The zero-order valence-electron chi connectivity index (χ0n) is 16.7. The number of amides is 2. The topological polar surface area (TPSA) is 61.4 Å². The lowest BCUT2D eigenvalue weighted by molar-refractivity contribution is 0.217. The normalized spacial score (nSPS) is 20.6. The van der Waals surface area contributed by atoms with Crippen molar-refractivity contribution in [2.24, 2.45) is 5.92 Å². The maximum atomic E-state index is 12.7. The summed E-state index contributed by atoms with van der Waals surface area (Å²) in [6.07, 6.45) is 3.72. The lowest BCUT2D eigenvalue weighted by atomic mass is 9.85. The molecular formula is C21H29N5OS. The Bertz CT molecular complexity index is 800. The van der Waals surface area contributed by atoms with Crippen molar-refractivity contribution >= 4 is 22.5 Å². The molecule has 0 bridgehead atoms. The van der Waals surface area contributed by atoms with Gasteiger partial charge >= 0.3 is 6.03 Å². The maximum Gasteiger partial charge on any atom is 0.323 e. The van der Waals surface area contributed by atoms with E-state index in [1.54, 1.807) is 0 Å². The fourth-order valence-electron chi connectivity index (χ4n) is 4.17. The van der Waals surface area contributed by atoms with Crippen LogP contribution < -0.4 is 5.32 Å². The Kier molecular flexibility index (Phi) is 5.64. The molecule has 2 aromatic rings. The summed E-state index contributed by atoms with van der Waals surface area (Å²) in [5.41, 5.74) is 0.949. The van der Waals surface area contributed by atoms with Gasteiger partial charge in [-0.1, -0.05) is 41.7 Å². The molecule has 150 valence electrons. The number of urea groups is 1. The van der Waals surface area contributed by atoms with Crippen LogP contribution in [0.3, 0.4) is 0 Å². The highest BCUT2D eigenvalue weighted by molar-refractivity contribution is 7.15. The number of benzene rings is 1. The van der Waals surface area contributed by atoms with E-state index in [1.165, 1.54) is 42.8 Å². The summed E-state index contributed by atoms with van der Waals surface area (Å²) in [5.74, 6) is 0.589. The lowest BCUT2D eigenvalue weighted by Crippen LogP contribution is -2.34. The molecule has 1 atom stereocenters. The number of nitrogens with one attached hydrogen (secondary N) is 1. The zero-order chi connectivity index (χ0) is 19.6. The van der Waals surface area contributed by atoms with Gasteiger partial charge in [0, 0.05) is 25.0 Å². The summed E-state index contributed by atoms with van der Waals surface area (Å²) >= 11 is 1.46. The van der Waals surface area contributed by atoms with Crippen LogP contribution in [0.4, 0.5) is 9.93 Å². The van der Waals surface area contributed by atoms with Gasteiger partial charge in [0.1, 0.15) is 5.01 Å². The Morgan fingerprint density at radius 2 is 1.93 bits per heavy atom. The van der Waals surface area contributed by atoms with E-state index in [2.05, 4.69) is 46.4 Å². The van der Waals surface area contributed by atoms with Crippen LogP contribution in [0.5, 0.6) is 0 Å². The maximum absolute atomic E-state index is 12.7. The largest absolute Gasteiger partial charge is 0.324 e. The van der Waals surface area contributed by atoms with E-state index in [0.29, 0.717) is 11.0 Å². The molecular weight excluding hydrogens is 370 g/mol. The van der Waals surface area contributed by atoms with Gasteiger partial charge in [0.2, 0.25) is 5.13 Å². The van der Waals surface area contributed by atoms with Crippen molar-refractivity contribution in [3.8, 4) is 0 Å². The highest BCUT2D eigenvalue weighted by Crippen LogP contribution is 2.34. The van der Waals surface area contributed by atoms with E-state index in [1.807, 2.05) is 23.1 Å². The molecule has 2 fully saturated rings. The van der Waals surface area contributed by atoms with Gasteiger partial charge in [-0.3, -0.25) is 5.32 Å². The third-order valence-corrected chi connectivity index (χ3v) is 7.12. The Morgan fingerprint density at radius 3 is 2.68 bits per heavy atom. The van der Waals surface area contributed by atoms with Gasteiger partial charge in [0.05, 0.1) is 0 Å². The van der Waals surface area contributed by atoms with E-state index in [4.69, 9.17) is 0 Å². The fourth-order valence-corrected chi connectivity index (χ4v) is 5.03.